The van der Waals surface area contributed by atoms with E-state index in [1.54, 1.807) is 6.07 Å². The van der Waals surface area contributed by atoms with E-state index in [0.29, 0.717) is 17.7 Å². The number of nitrogens with two attached hydrogens (primary N) is 3. The molecule has 1 amide bonds. The van der Waals surface area contributed by atoms with Crippen molar-refractivity contribution in [3.63, 3.8) is 0 Å². The van der Waals surface area contributed by atoms with Crippen molar-refractivity contribution in [2.75, 3.05) is 5.73 Å². The lowest BCUT2D eigenvalue weighted by atomic mass is 9.79. The highest BCUT2D eigenvalue weighted by Gasteiger charge is 2.37. The van der Waals surface area contributed by atoms with Crippen LogP contribution in [0.3, 0.4) is 0 Å². The van der Waals surface area contributed by atoms with E-state index in [-0.39, 0.29) is 0 Å². The van der Waals surface area contributed by atoms with E-state index in [1.807, 2.05) is 24.3 Å². The smallest absolute Gasteiger partial charge is 0.242 e. The lowest BCUT2D eigenvalue weighted by Gasteiger charge is -2.30. The van der Waals surface area contributed by atoms with Gasteiger partial charge in [0, 0.05) is 11.3 Å². The number of carbonyl (C=O) groups is 1. The lowest BCUT2D eigenvalue weighted by Crippen LogP contribution is -2.50. The van der Waals surface area contributed by atoms with E-state index in [1.165, 1.54) is 0 Å². The molecule has 0 fully saturated rings. The summed E-state index contributed by atoms with van der Waals surface area (Å²) in [4.78, 5) is 11.4. The molecule has 0 saturated heterocycles. The molecule has 1 atom stereocenters. The Morgan fingerprint density at radius 3 is 2.80 bits per heavy atom. The Labute approximate surface area is 87.7 Å². The van der Waals surface area contributed by atoms with Crippen LogP contribution in [-0.4, -0.2) is 5.91 Å². The van der Waals surface area contributed by atoms with Crippen LogP contribution < -0.4 is 17.2 Å². The highest BCUT2D eigenvalue weighted by atomic mass is 16.1. The topological polar surface area (TPSA) is 95.1 Å². The molecule has 0 aliphatic heterocycles. The first-order valence-electron chi connectivity index (χ1n) is 4.70. The van der Waals surface area contributed by atoms with Crippen molar-refractivity contribution in [1.29, 1.82) is 0 Å². The van der Waals surface area contributed by atoms with Gasteiger partial charge in [0.25, 0.3) is 0 Å². The second kappa shape index (κ2) is 3.10. The predicted molar refractivity (Wildman–Crippen MR) is 59.6 cm³/mol. The molecular weight excluding hydrogens is 190 g/mol. The Hall–Kier alpha value is -1.81. The van der Waals surface area contributed by atoms with E-state index in [9.17, 15) is 4.79 Å². The van der Waals surface area contributed by atoms with Crippen LogP contribution in [0.1, 0.15) is 17.5 Å². The van der Waals surface area contributed by atoms with E-state index in [4.69, 9.17) is 17.2 Å². The Morgan fingerprint density at radius 1 is 1.40 bits per heavy atom. The number of primary amides is 1. The summed E-state index contributed by atoms with van der Waals surface area (Å²) in [6.45, 7) is 0. The summed E-state index contributed by atoms with van der Waals surface area (Å²) in [7, 11) is 0. The molecule has 4 heteroatoms. The molecule has 1 aromatic rings. The fraction of sp³-hybridized carbons (Fsp3) is 0.182. The second-order valence-electron chi connectivity index (χ2n) is 3.75. The zero-order valence-electron chi connectivity index (χ0n) is 8.23. The van der Waals surface area contributed by atoms with Gasteiger partial charge in [-0.1, -0.05) is 24.3 Å². The van der Waals surface area contributed by atoms with Gasteiger partial charge in [-0.15, -0.1) is 0 Å². The Bertz CT molecular complexity index is 453. The molecule has 1 aromatic carbocycles. The monoisotopic (exact) mass is 203 g/mol. The van der Waals surface area contributed by atoms with Crippen LogP contribution in [0, 0.1) is 0 Å². The molecule has 0 heterocycles. The highest BCUT2D eigenvalue weighted by Crippen LogP contribution is 2.35. The molecule has 0 aromatic heterocycles. The maximum Gasteiger partial charge on any atom is 0.242 e. The molecule has 1 aliphatic carbocycles. The Balaban J connectivity index is 2.70. The first-order valence-corrected chi connectivity index (χ1v) is 4.70. The summed E-state index contributed by atoms with van der Waals surface area (Å²) in [5.41, 5.74) is 18.0. The van der Waals surface area contributed by atoms with Crippen molar-refractivity contribution < 1.29 is 4.79 Å². The Kier molecular flexibility index (Phi) is 2.01. The molecular formula is C11H13N3O. The van der Waals surface area contributed by atoms with Crippen molar-refractivity contribution in [2.24, 2.45) is 11.5 Å². The number of hydrogen-bond donors (Lipinski definition) is 3. The zero-order valence-corrected chi connectivity index (χ0v) is 8.23. The third kappa shape index (κ3) is 1.30. The molecule has 0 radical (unpaired) electrons. The summed E-state index contributed by atoms with van der Waals surface area (Å²) < 4.78 is 0. The number of anilines is 1. The second-order valence-corrected chi connectivity index (χ2v) is 3.75. The number of nitrogen functional groups attached to an aromatic ring is 1. The fourth-order valence-corrected chi connectivity index (χ4v) is 1.94. The van der Waals surface area contributed by atoms with Gasteiger partial charge in [0.2, 0.25) is 5.91 Å². The quantitative estimate of drug-likeness (QED) is 0.574. The van der Waals surface area contributed by atoms with Crippen LogP contribution in [0.4, 0.5) is 5.69 Å². The minimum atomic E-state index is -1.17. The molecule has 78 valence electrons. The summed E-state index contributed by atoms with van der Waals surface area (Å²) in [5, 5.41) is 0. The number of amides is 1. The third-order valence-corrected chi connectivity index (χ3v) is 2.75. The Morgan fingerprint density at radius 2 is 2.13 bits per heavy atom. The van der Waals surface area contributed by atoms with Gasteiger partial charge in [0.15, 0.2) is 0 Å². The van der Waals surface area contributed by atoms with Crippen molar-refractivity contribution in [3.05, 3.63) is 35.4 Å². The summed E-state index contributed by atoms with van der Waals surface area (Å²) in [6.07, 6.45) is 4.13. The first-order chi connectivity index (χ1) is 7.05. The van der Waals surface area contributed by atoms with Gasteiger partial charge in [0.05, 0.1) is 0 Å². The van der Waals surface area contributed by atoms with Crippen LogP contribution in [-0.2, 0) is 10.3 Å². The van der Waals surface area contributed by atoms with Crippen molar-refractivity contribution in [2.45, 2.75) is 12.0 Å². The average molecular weight is 203 g/mol. The van der Waals surface area contributed by atoms with Crippen LogP contribution >= 0.6 is 0 Å². The van der Waals surface area contributed by atoms with Crippen molar-refractivity contribution in [1.82, 2.24) is 0 Å². The van der Waals surface area contributed by atoms with Gasteiger partial charge >= 0.3 is 0 Å². The molecule has 0 bridgehead atoms. The molecule has 1 unspecified atom stereocenters. The normalized spacial score (nSPS) is 23.5. The van der Waals surface area contributed by atoms with E-state index < -0.39 is 11.4 Å². The van der Waals surface area contributed by atoms with Crippen molar-refractivity contribution >= 4 is 17.7 Å². The SMILES string of the molecule is NC(=O)C1(N)CC=Cc2cccc(N)c21. The molecule has 0 saturated carbocycles. The van der Waals surface area contributed by atoms with E-state index >= 15 is 0 Å². The first kappa shape index (κ1) is 9.73. The number of carbonyl (C=O) groups excluding carboxylic acids is 1. The van der Waals surface area contributed by atoms with Gasteiger partial charge in [-0.2, -0.15) is 0 Å². The number of benzene rings is 1. The van der Waals surface area contributed by atoms with Crippen LogP contribution in [0.5, 0.6) is 0 Å². The summed E-state index contributed by atoms with van der Waals surface area (Å²) in [6, 6.07) is 5.42. The van der Waals surface area contributed by atoms with Gasteiger partial charge in [-0.25, -0.2) is 0 Å². The van der Waals surface area contributed by atoms with Crippen LogP contribution in [0.25, 0.3) is 6.08 Å². The standard InChI is InChI=1S/C11H13N3O/c12-8-5-1-3-7-4-2-6-11(14,9(7)8)10(13)15/h1-5H,6,12,14H2,(H2,13,15). The van der Waals surface area contributed by atoms with Gasteiger partial charge in [-0.3, -0.25) is 4.79 Å². The molecule has 4 nitrogen and oxygen atoms in total. The lowest BCUT2D eigenvalue weighted by molar-refractivity contribution is -0.123. The number of hydrogen-bond acceptors (Lipinski definition) is 3. The molecule has 0 spiro atoms. The third-order valence-electron chi connectivity index (χ3n) is 2.75. The summed E-state index contributed by atoms with van der Waals surface area (Å²) >= 11 is 0. The minimum absolute atomic E-state index is 0.392. The molecule has 1 aliphatic rings. The van der Waals surface area contributed by atoms with E-state index in [0.717, 1.165) is 5.56 Å². The number of rotatable bonds is 1. The maximum atomic E-state index is 11.4. The van der Waals surface area contributed by atoms with Crippen LogP contribution in [0.2, 0.25) is 0 Å². The maximum absolute atomic E-state index is 11.4. The largest absolute Gasteiger partial charge is 0.398 e. The van der Waals surface area contributed by atoms with Gasteiger partial charge in [0.1, 0.15) is 5.54 Å². The number of fused-ring (bicyclic) bond motifs is 1. The van der Waals surface area contributed by atoms with Crippen LogP contribution in [0.15, 0.2) is 24.3 Å². The molecule has 2 rings (SSSR count). The molecule has 6 N–H and O–H groups in total. The zero-order chi connectivity index (χ0) is 11.1. The van der Waals surface area contributed by atoms with Gasteiger partial charge < -0.3 is 17.2 Å². The van der Waals surface area contributed by atoms with E-state index in [2.05, 4.69) is 0 Å². The highest BCUT2D eigenvalue weighted by molar-refractivity contribution is 5.91. The fourth-order valence-electron chi connectivity index (χ4n) is 1.94. The predicted octanol–water partition coefficient (Wildman–Crippen LogP) is 0.325. The van der Waals surface area contributed by atoms with Crippen molar-refractivity contribution in [3.8, 4) is 0 Å². The van der Waals surface area contributed by atoms with Gasteiger partial charge in [-0.05, 0) is 18.1 Å². The molecule has 15 heavy (non-hydrogen) atoms. The summed E-state index contributed by atoms with van der Waals surface area (Å²) in [5.74, 6) is -0.550. The minimum Gasteiger partial charge on any atom is -0.398 e. The average Bonchev–Trinajstić information content (AvgIpc) is 2.17.